The molecule has 0 bridgehead atoms. The van der Waals surface area contributed by atoms with Gasteiger partial charge in [0.1, 0.15) is 6.26 Å². The van der Waals surface area contributed by atoms with Gasteiger partial charge in [0.15, 0.2) is 0 Å². The first-order chi connectivity index (χ1) is 8.58. The Kier molecular flexibility index (Phi) is 2.30. The highest BCUT2D eigenvalue weighted by molar-refractivity contribution is 5.81. The van der Waals surface area contributed by atoms with Crippen LogP contribution in [0.1, 0.15) is 22.5 Å². The van der Waals surface area contributed by atoms with Gasteiger partial charge >= 0.3 is 0 Å². The molecule has 0 N–H and O–H groups in total. The standard InChI is InChI=1S/C15H16N2O/c1-9-5-6-13(10(2)7-9)14-12(4)16-17-11(3)8-18-15(14)17/h5-8H,1-4H3. The summed E-state index contributed by atoms with van der Waals surface area (Å²) in [5, 5.41) is 4.54. The predicted octanol–water partition coefficient (Wildman–Crippen LogP) is 3.83. The van der Waals surface area contributed by atoms with E-state index in [2.05, 4.69) is 37.1 Å². The highest BCUT2D eigenvalue weighted by Gasteiger charge is 2.17. The molecule has 2 aromatic heterocycles. The first-order valence-corrected chi connectivity index (χ1v) is 6.09. The van der Waals surface area contributed by atoms with E-state index >= 15 is 0 Å². The number of aryl methyl sites for hydroxylation is 4. The van der Waals surface area contributed by atoms with E-state index in [1.165, 1.54) is 16.7 Å². The smallest absolute Gasteiger partial charge is 0.229 e. The molecule has 0 aliphatic heterocycles. The van der Waals surface area contributed by atoms with Crippen LogP contribution in [0.4, 0.5) is 0 Å². The Morgan fingerprint density at radius 3 is 2.61 bits per heavy atom. The van der Waals surface area contributed by atoms with Crippen LogP contribution in [0.15, 0.2) is 28.9 Å². The summed E-state index contributed by atoms with van der Waals surface area (Å²) in [5.74, 6) is 0. The van der Waals surface area contributed by atoms with Crippen molar-refractivity contribution < 1.29 is 4.42 Å². The third-order valence-corrected chi connectivity index (χ3v) is 3.34. The number of nitrogens with zero attached hydrogens (tertiary/aromatic N) is 2. The Labute approximate surface area is 106 Å². The molecule has 0 saturated carbocycles. The summed E-state index contributed by atoms with van der Waals surface area (Å²) in [6.45, 7) is 8.25. The first-order valence-electron chi connectivity index (χ1n) is 6.09. The molecule has 2 heterocycles. The number of oxazole rings is 1. The lowest BCUT2D eigenvalue weighted by Gasteiger charge is -2.05. The van der Waals surface area contributed by atoms with Crippen molar-refractivity contribution in [3.05, 3.63) is 47.0 Å². The van der Waals surface area contributed by atoms with E-state index < -0.39 is 0 Å². The zero-order chi connectivity index (χ0) is 12.9. The Hall–Kier alpha value is -2.03. The van der Waals surface area contributed by atoms with Gasteiger partial charge in [-0.25, -0.2) is 4.52 Å². The molecule has 18 heavy (non-hydrogen) atoms. The zero-order valence-electron chi connectivity index (χ0n) is 11.1. The maximum atomic E-state index is 5.64. The third-order valence-electron chi connectivity index (χ3n) is 3.34. The molecular weight excluding hydrogens is 224 g/mol. The molecule has 0 unspecified atom stereocenters. The maximum absolute atomic E-state index is 5.64. The topological polar surface area (TPSA) is 30.4 Å². The monoisotopic (exact) mass is 240 g/mol. The summed E-state index contributed by atoms with van der Waals surface area (Å²) >= 11 is 0. The fraction of sp³-hybridized carbons (Fsp3) is 0.267. The van der Waals surface area contributed by atoms with Gasteiger partial charge in [-0.2, -0.15) is 5.10 Å². The summed E-state index contributed by atoms with van der Waals surface area (Å²) in [4.78, 5) is 0. The highest BCUT2D eigenvalue weighted by Crippen LogP contribution is 2.32. The second-order valence-corrected chi connectivity index (χ2v) is 4.87. The maximum Gasteiger partial charge on any atom is 0.229 e. The van der Waals surface area contributed by atoms with Gasteiger partial charge in [-0.1, -0.05) is 23.8 Å². The summed E-state index contributed by atoms with van der Waals surface area (Å²) in [7, 11) is 0. The molecule has 0 fully saturated rings. The lowest BCUT2D eigenvalue weighted by molar-refractivity contribution is 0.606. The lowest BCUT2D eigenvalue weighted by Crippen LogP contribution is -1.86. The molecule has 0 radical (unpaired) electrons. The number of rotatable bonds is 1. The van der Waals surface area contributed by atoms with Crippen molar-refractivity contribution in [2.75, 3.05) is 0 Å². The highest BCUT2D eigenvalue weighted by atomic mass is 16.3. The van der Waals surface area contributed by atoms with Crippen molar-refractivity contribution in [1.29, 1.82) is 0 Å². The van der Waals surface area contributed by atoms with E-state index in [4.69, 9.17) is 4.42 Å². The SMILES string of the molecule is Cc1ccc(-c2c(C)nn3c(C)coc23)c(C)c1. The summed E-state index contributed by atoms with van der Waals surface area (Å²) in [6, 6.07) is 6.46. The van der Waals surface area contributed by atoms with Crippen molar-refractivity contribution in [3.8, 4) is 11.1 Å². The van der Waals surface area contributed by atoms with Gasteiger partial charge in [0, 0.05) is 0 Å². The van der Waals surface area contributed by atoms with Crippen LogP contribution >= 0.6 is 0 Å². The van der Waals surface area contributed by atoms with Gasteiger partial charge in [0.05, 0.1) is 17.0 Å². The van der Waals surface area contributed by atoms with Crippen molar-refractivity contribution in [1.82, 2.24) is 9.61 Å². The van der Waals surface area contributed by atoms with Crippen LogP contribution in [-0.4, -0.2) is 9.61 Å². The van der Waals surface area contributed by atoms with Crippen LogP contribution < -0.4 is 0 Å². The summed E-state index contributed by atoms with van der Waals surface area (Å²) < 4.78 is 7.51. The average molecular weight is 240 g/mol. The molecule has 0 saturated heterocycles. The fourth-order valence-corrected chi connectivity index (χ4v) is 2.45. The summed E-state index contributed by atoms with van der Waals surface area (Å²) in [5.41, 5.74) is 7.67. The van der Waals surface area contributed by atoms with E-state index in [-0.39, 0.29) is 0 Å². The van der Waals surface area contributed by atoms with Gasteiger partial charge in [0.2, 0.25) is 5.71 Å². The van der Waals surface area contributed by atoms with Gasteiger partial charge < -0.3 is 4.42 Å². The Balaban J connectivity index is 2.34. The van der Waals surface area contributed by atoms with Crippen LogP contribution in [0.2, 0.25) is 0 Å². The third kappa shape index (κ3) is 1.47. The molecule has 0 aliphatic carbocycles. The van der Waals surface area contributed by atoms with Crippen molar-refractivity contribution in [2.24, 2.45) is 0 Å². The van der Waals surface area contributed by atoms with Crippen LogP contribution in [0.5, 0.6) is 0 Å². The molecular formula is C15H16N2O. The quantitative estimate of drug-likeness (QED) is 0.647. The van der Waals surface area contributed by atoms with E-state index in [9.17, 15) is 0 Å². The van der Waals surface area contributed by atoms with E-state index in [0.717, 1.165) is 22.7 Å². The molecule has 3 rings (SSSR count). The van der Waals surface area contributed by atoms with Gasteiger partial charge in [-0.15, -0.1) is 0 Å². The molecule has 0 spiro atoms. The van der Waals surface area contributed by atoms with Crippen molar-refractivity contribution >= 4 is 5.71 Å². The lowest BCUT2D eigenvalue weighted by atomic mass is 9.99. The molecule has 3 aromatic rings. The van der Waals surface area contributed by atoms with Gasteiger partial charge in [-0.3, -0.25) is 0 Å². The Bertz CT molecular complexity index is 734. The molecule has 3 heteroatoms. The van der Waals surface area contributed by atoms with E-state index in [1.807, 2.05) is 18.4 Å². The second kappa shape index (κ2) is 3.73. The van der Waals surface area contributed by atoms with Crippen molar-refractivity contribution in [3.63, 3.8) is 0 Å². The van der Waals surface area contributed by atoms with Crippen LogP contribution in [0.3, 0.4) is 0 Å². The van der Waals surface area contributed by atoms with Crippen LogP contribution in [-0.2, 0) is 0 Å². The Morgan fingerprint density at radius 2 is 1.89 bits per heavy atom. The van der Waals surface area contributed by atoms with Gasteiger partial charge in [0.25, 0.3) is 0 Å². The minimum Gasteiger partial charge on any atom is -0.444 e. The van der Waals surface area contributed by atoms with Crippen molar-refractivity contribution in [2.45, 2.75) is 27.7 Å². The molecule has 0 aliphatic rings. The number of hydrogen-bond donors (Lipinski definition) is 0. The normalized spacial score (nSPS) is 11.3. The number of aromatic nitrogens is 2. The fourth-order valence-electron chi connectivity index (χ4n) is 2.45. The van der Waals surface area contributed by atoms with Crippen LogP contribution in [0, 0.1) is 27.7 Å². The molecule has 0 atom stereocenters. The average Bonchev–Trinajstić information content (AvgIpc) is 2.80. The second-order valence-electron chi connectivity index (χ2n) is 4.87. The molecule has 1 aromatic carbocycles. The first kappa shape index (κ1) is 11.1. The minimum absolute atomic E-state index is 0.831. The number of fused-ring (bicyclic) bond motifs is 1. The molecule has 92 valence electrons. The van der Waals surface area contributed by atoms with E-state index in [0.29, 0.717) is 0 Å². The van der Waals surface area contributed by atoms with Crippen LogP contribution in [0.25, 0.3) is 16.8 Å². The predicted molar refractivity (Wildman–Crippen MR) is 71.8 cm³/mol. The zero-order valence-corrected chi connectivity index (χ0v) is 11.1. The summed E-state index contributed by atoms with van der Waals surface area (Å²) in [6.07, 6.45) is 1.74. The molecule has 3 nitrogen and oxygen atoms in total. The number of benzene rings is 1. The van der Waals surface area contributed by atoms with Gasteiger partial charge in [-0.05, 0) is 38.8 Å². The number of hydrogen-bond acceptors (Lipinski definition) is 2. The minimum atomic E-state index is 0.831. The largest absolute Gasteiger partial charge is 0.444 e. The Morgan fingerprint density at radius 1 is 1.11 bits per heavy atom. The molecule has 0 amide bonds. The van der Waals surface area contributed by atoms with E-state index in [1.54, 1.807) is 6.26 Å².